The first-order valence-electron chi connectivity index (χ1n) is 5.78. The van der Waals surface area contributed by atoms with E-state index in [0.29, 0.717) is 6.10 Å². The van der Waals surface area contributed by atoms with Crippen molar-refractivity contribution in [2.75, 3.05) is 20.3 Å². The van der Waals surface area contributed by atoms with Crippen LogP contribution in [0.4, 0.5) is 0 Å². The lowest BCUT2D eigenvalue weighted by molar-refractivity contribution is 0.0807. The van der Waals surface area contributed by atoms with Crippen molar-refractivity contribution in [1.82, 2.24) is 5.32 Å². The van der Waals surface area contributed by atoms with Crippen LogP contribution in [0.3, 0.4) is 0 Å². The Hall–Kier alpha value is -0.580. The number of methoxy groups -OCH3 is 1. The fraction of sp³-hybridized carbons (Fsp3) is 0.538. The monoisotopic (exact) mass is 301 g/mol. The van der Waals surface area contributed by atoms with Gasteiger partial charge < -0.3 is 14.8 Å². The Morgan fingerprint density at radius 2 is 2.12 bits per heavy atom. The van der Waals surface area contributed by atoms with Gasteiger partial charge in [-0.1, -0.05) is 15.9 Å². The second-order valence-electron chi connectivity index (χ2n) is 4.05. The fourth-order valence-corrected chi connectivity index (χ4v) is 1.79. The van der Waals surface area contributed by atoms with E-state index >= 15 is 0 Å². The zero-order chi connectivity index (χ0) is 12.7. The summed E-state index contributed by atoms with van der Waals surface area (Å²) in [7, 11) is 1.68. The van der Waals surface area contributed by atoms with Gasteiger partial charge in [-0.05, 0) is 37.6 Å². The number of nitrogens with one attached hydrogen (secondary N) is 1. The van der Waals surface area contributed by atoms with E-state index in [1.807, 2.05) is 32.0 Å². The van der Waals surface area contributed by atoms with Crippen LogP contribution in [0.2, 0.25) is 0 Å². The number of rotatable bonds is 7. The van der Waals surface area contributed by atoms with Crippen molar-refractivity contribution < 1.29 is 9.47 Å². The minimum atomic E-state index is 0.292. The summed E-state index contributed by atoms with van der Waals surface area (Å²) in [4.78, 5) is 0. The minimum absolute atomic E-state index is 0.292. The van der Waals surface area contributed by atoms with E-state index in [1.165, 1.54) is 5.56 Å². The van der Waals surface area contributed by atoms with Gasteiger partial charge in [0, 0.05) is 17.6 Å². The SMILES string of the molecule is COc1ccc(Br)c(CNCCOC(C)C)c1. The molecular formula is C13H20BrNO2. The number of halogens is 1. The minimum Gasteiger partial charge on any atom is -0.497 e. The van der Waals surface area contributed by atoms with Crippen LogP contribution in [0.15, 0.2) is 22.7 Å². The van der Waals surface area contributed by atoms with Crippen molar-refractivity contribution >= 4 is 15.9 Å². The summed E-state index contributed by atoms with van der Waals surface area (Å²) in [6.45, 7) is 6.47. The second-order valence-corrected chi connectivity index (χ2v) is 4.91. The van der Waals surface area contributed by atoms with Gasteiger partial charge in [-0.3, -0.25) is 0 Å². The normalized spacial score (nSPS) is 10.9. The topological polar surface area (TPSA) is 30.5 Å². The third-order valence-electron chi connectivity index (χ3n) is 2.30. The number of ether oxygens (including phenoxy) is 2. The van der Waals surface area contributed by atoms with Gasteiger partial charge in [0.1, 0.15) is 5.75 Å². The second kappa shape index (κ2) is 7.69. The standard InChI is InChI=1S/C13H20BrNO2/c1-10(2)17-7-6-15-9-11-8-12(16-3)4-5-13(11)14/h4-5,8,10,15H,6-7,9H2,1-3H3. The van der Waals surface area contributed by atoms with Gasteiger partial charge in [0.25, 0.3) is 0 Å². The molecule has 1 aromatic rings. The average Bonchev–Trinajstić information content (AvgIpc) is 2.30. The molecule has 0 aliphatic rings. The van der Waals surface area contributed by atoms with Crippen molar-refractivity contribution in [2.45, 2.75) is 26.5 Å². The van der Waals surface area contributed by atoms with Crippen LogP contribution >= 0.6 is 15.9 Å². The molecule has 0 saturated heterocycles. The Labute approximate surface area is 112 Å². The number of hydrogen-bond donors (Lipinski definition) is 1. The molecular weight excluding hydrogens is 282 g/mol. The molecule has 0 radical (unpaired) electrons. The molecule has 0 aliphatic carbocycles. The average molecular weight is 302 g/mol. The summed E-state index contributed by atoms with van der Waals surface area (Å²) in [6, 6.07) is 5.97. The number of hydrogen-bond acceptors (Lipinski definition) is 3. The van der Waals surface area contributed by atoms with E-state index in [2.05, 4.69) is 21.2 Å². The summed E-state index contributed by atoms with van der Waals surface area (Å²) < 4.78 is 11.7. The lowest BCUT2D eigenvalue weighted by atomic mass is 10.2. The van der Waals surface area contributed by atoms with Crippen LogP contribution in [0.25, 0.3) is 0 Å². The number of benzene rings is 1. The molecule has 0 heterocycles. The molecule has 3 nitrogen and oxygen atoms in total. The lowest BCUT2D eigenvalue weighted by Gasteiger charge is -2.10. The third-order valence-corrected chi connectivity index (χ3v) is 3.07. The van der Waals surface area contributed by atoms with Gasteiger partial charge in [-0.2, -0.15) is 0 Å². The summed E-state index contributed by atoms with van der Waals surface area (Å²) in [5.41, 5.74) is 1.19. The molecule has 96 valence electrons. The molecule has 0 unspecified atom stereocenters. The Kier molecular flexibility index (Phi) is 6.55. The predicted molar refractivity (Wildman–Crippen MR) is 73.5 cm³/mol. The fourth-order valence-electron chi connectivity index (χ4n) is 1.40. The van der Waals surface area contributed by atoms with Crippen molar-refractivity contribution in [1.29, 1.82) is 0 Å². The zero-order valence-corrected chi connectivity index (χ0v) is 12.2. The van der Waals surface area contributed by atoms with Gasteiger partial charge in [-0.25, -0.2) is 0 Å². The Balaban J connectivity index is 2.35. The molecule has 17 heavy (non-hydrogen) atoms. The molecule has 0 atom stereocenters. The highest BCUT2D eigenvalue weighted by Crippen LogP contribution is 2.22. The van der Waals surface area contributed by atoms with E-state index < -0.39 is 0 Å². The van der Waals surface area contributed by atoms with Gasteiger partial charge in [0.05, 0.1) is 19.8 Å². The molecule has 0 saturated carbocycles. The highest BCUT2D eigenvalue weighted by Gasteiger charge is 2.01. The maximum atomic E-state index is 5.46. The van der Waals surface area contributed by atoms with E-state index in [9.17, 15) is 0 Å². The van der Waals surface area contributed by atoms with E-state index in [4.69, 9.17) is 9.47 Å². The quantitative estimate of drug-likeness (QED) is 0.786. The van der Waals surface area contributed by atoms with E-state index in [1.54, 1.807) is 7.11 Å². The molecule has 0 bridgehead atoms. The molecule has 1 aromatic carbocycles. The first kappa shape index (κ1) is 14.5. The smallest absolute Gasteiger partial charge is 0.119 e. The third kappa shape index (κ3) is 5.52. The summed E-state index contributed by atoms with van der Waals surface area (Å²) in [5.74, 6) is 0.878. The molecule has 1 N–H and O–H groups in total. The highest BCUT2D eigenvalue weighted by molar-refractivity contribution is 9.10. The zero-order valence-electron chi connectivity index (χ0n) is 10.6. The van der Waals surface area contributed by atoms with E-state index in [0.717, 1.165) is 29.9 Å². The van der Waals surface area contributed by atoms with Gasteiger partial charge in [-0.15, -0.1) is 0 Å². The highest BCUT2D eigenvalue weighted by atomic mass is 79.9. The predicted octanol–water partition coefficient (Wildman–Crippen LogP) is 2.97. The van der Waals surface area contributed by atoms with Crippen molar-refractivity contribution in [2.24, 2.45) is 0 Å². The molecule has 0 fully saturated rings. The van der Waals surface area contributed by atoms with Crippen LogP contribution in [-0.2, 0) is 11.3 Å². The Morgan fingerprint density at radius 3 is 2.76 bits per heavy atom. The Morgan fingerprint density at radius 1 is 1.35 bits per heavy atom. The van der Waals surface area contributed by atoms with Gasteiger partial charge >= 0.3 is 0 Å². The summed E-state index contributed by atoms with van der Waals surface area (Å²) >= 11 is 3.53. The maximum Gasteiger partial charge on any atom is 0.119 e. The van der Waals surface area contributed by atoms with Crippen LogP contribution < -0.4 is 10.1 Å². The maximum absolute atomic E-state index is 5.46. The molecule has 0 spiro atoms. The molecule has 4 heteroatoms. The van der Waals surface area contributed by atoms with Crippen LogP contribution in [0.1, 0.15) is 19.4 Å². The Bertz CT molecular complexity index is 342. The van der Waals surface area contributed by atoms with Gasteiger partial charge in [0.2, 0.25) is 0 Å². The molecule has 0 aliphatic heterocycles. The van der Waals surface area contributed by atoms with E-state index in [-0.39, 0.29) is 0 Å². The van der Waals surface area contributed by atoms with Crippen LogP contribution in [0.5, 0.6) is 5.75 Å². The van der Waals surface area contributed by atoms with Crippen LogP contribution in [-0.4, -0.2) is 26.4 Å². The van der Waals surface area contributed by atoms with Crippen molar-refractivity contribution in [3.8, 4) is 5.75 Å². The summed E-state index contributed by atoms with van der Waals surface area (Å²) in [6.07, 6.45) is 0.292. The first-order valence-corrected chi connectivity index (χ1v) is 6.57. The summed E-state index contributed by atoms with van der Waals surface area (Å²) in [5, 5.41) is 3.34. The largest absolute Gasteiger partial charge is 0.497 e. The molecule has 0 amide bonds. The molecule has 0 aromatic heterocycles. The molecule has 1 rings (SSSR count). The van der Waals surface area contributed by atoms with Crippen LogP contribution in [0, 0.1) is 0 Å². The van der Waals surface area contributed by atoms with Gasteiger partial charge in [0.15, 0.2) is 0 Å². The first-order chi connectivity index (χ1) is 8.13. The lowest BCUT2D eigenvalue weighted by Crippen LogP contribution is -2.21. The van der Waals surface area contributed by atoms with Crippen molar-refractivity contribution in [3.63, 3.8) is 0 Å². The van der Waals surface area contributed by atoms with Crippen molar-refractivity contribution in [3.05, 3.63) is 28.2 Å².